The van der Waals surface area contributed by atoms with Crippen molar-refractivity contribution in [3.05, 3.63) is 0 Å². The number of amides is 1. The second-order valence-corrected chi connectivity index (χ2v) is 5.72. The molecule has 1 aliphatic rings. The van der Waals surface area contributed by atoms with Crippen LogP contribution in [-0.2, 0) is 9.59 Å². The van der Waals surface area contributed by atoms with E-state index in [9.17, 15) is 9.59 Å². The molecule has 15 heavy (non-hydrogen) atoms. The minimum absolute atomic E-state index is 0.00363. The van der Waals surface area contributed by atoms with E-state index in [-0.39, 0.29) is 17.4 Å². The van der Waals surface area contributed by atoms with Crippen molar-refractivity contribution in [1.82, 2.24) is 4.90 Å². The molecule has 86 valence electrons. The van der Waals surface area contributed by atoms with Gasteiger partial charge >= 0.3 is 0 Å². The van der Waals surface area contributed by atoms with Gasteiger partial charge in [-0.3, -0.25) is 4.79 Å². The number of carbonyl (C=O) groups is 2. The first-order valence-electron chi connectivity index (χ1n) is 5.60. The number of likely N-dealkylation sites (tertiary alicyclic amines) is 1. The topological polar surface area (TPSA) is 37.4 Å². The standard InChI is InChI=1S/C12H21NO2/c1-9-5-6-13(10(9)8-14)11(15)7-12(2,3)4/h8-10H,5-7H2,1-4H3/t9-,10-/m1/s1. The molecule has 1 aliphatic heterocycles. The SMILES string of the molecule is C[C@@H]1CCN(C(=O)CC(C)(C)C)[C@@H]1C=O. The van der Waals surface area contributed by atoms with Gasteiger partial charge in [0.05, 0.1) is 6.04 Å². The second kappa shape index (κ2) is 4.33. The Morgan fingerprint density at radius 3 is 2.53 bits per heavy atom. The van der Waals surface area contributed by atoms with Gasteiger partial charge in [-0.1, -0.05) is 27.7 Å². The molecule has 2 atom stereocenters. The van der Waals surface area contributed by atoms with E-state index in [2.05, 4.69) is 0 Å². The molecule has 0 aromatic rings. The van der Waals surface area contributed by atoms with E-state index in [0.29, 0.717) is 12.3 Å². The summed E-state index contributed by atoms with van der Waals surface area (Å²) in [7, 11) is 0. The lowest BCUT2D eigenvalue weighted by Gasteiger charge is -2.26. The van der Waals surface area contributed by atoms with Crippen LogP contribution in [0.2, 0.25) is 0 Å². The Morgan fingerprint density at radius 1 is 1.47 bits per heavy atom. The van der Waals surface area contributed by atoms with Crippen LogP contribution in [0.4, 0.5) is 0 Å². The fraction of sp³-hybridized carbons (Fsp3) is 0.833. The zero-order valence-corrected chi connectivity index (χ0v) is 10.1. The summed E-state index contributed by atoms with van der Waals surface area (Å²) >= 11 is 0. The smallest absolute Gasteiger partial charge is 0.223 e. The van der Waals surface area contributed by atoms with Crippen LogP contribution in [0.25, 0.3) is 0 Å². The molecule has 1 rings (SSSR count). The van der Waals surface area contributed by atoms with Gasteiger partial charge in [-0.2, -0.15) is 0 Å². The molecular formula is C12H21NO2. The molecule has 0 unspecified atom stereocenters. The Bertz CT molecular complexity index is 255. The first-order chi connectivity index (χ1) is 6.85. The Balaban J connectivity index is 2.64. The molecule has 0 N–H and O–H groups in total. The van der Waals surface area contributed by atoms with Crippen LogP contribution >= 0.6 is 0 Å². The maximum Gasteiger partial charge on any atom is 0.223 e. The summed E-state index contributed by atoms with van der Waals surface area (Å²) in [6.45, 7) is 8.89. The van der Waals surface area contributed by atoms with Crippen LogP contribution in [0.15, 0.2) is 0 Å². The van der Waals surface area contributed by atoms with Gasteiger partial charge in [-0.25, -0.2) is 0 Å². The summed E-state index contributed by atoms with van der Waals surface area (Å²) in [5.41, 5.74) is -0.00363. The van der Waals surface area contributed by atoms with Gasteiger partial charge < -0.3 is 9.69 Å². The Labute approximate surface area is 91.8 Å². The molecule has 0 bridgehead atoms. The molecule has 0 saturated carbocycles. The van der Waals surface area contributed by atoms with Crippen molar-refractivity contribution >= 4 is 12.2 Å². The number of aldehydes is 1. The third-order valence-corrected chi connectivity index (χ3v) is 2.91. The van der Waals surface area contributed by atoms with Crippen molar-refractivity contribution in [3.8, 4) is 0 Å². The maximum atomic E-state index is 11.9. The van der Waals surface area contributed by atoms with Crippen LogP contribution in [0.1, 0.15) is 40.5 Å². The first-order valence-corrected chi connectivity index (χ1v) is 5.60. The van der Waals surface area contributed by atoms with E-state index < -0.39 is 0 Å². The average Bonchev–Trinajstić information content (AvgIpc) is 2.43. The van der Waals surface area contributed by atoms with Gasteiger partial charge in [0.25, 0.3) is 0 Å². The van der Waals surface area contributed by atoms with Gasteiger partial charge in [0.1, 0.15) is 6.29 Å². The van der Waals surface area contributed by atoms with Crippen molar-refractivity contribution in [1.29, 1.82) is 0 Å². The minimum atomic E-state index is -0.195. The predicted molar refractivity (Wildman–Crippen MR) is 59.4 cm³/mol. The molecule has 0 aromatic heterocycles. The zero-order valence-electron chi connectivity index (χ0n) is 10.1. The maximum absolute atomic E-state index is 11.9. The lowest BCUT2D eigenvalue weighted by molar-refractivity contribution is -0.136. The van der Waals surface area contributed by atoms with Crippen molar-refractivity contribution in [3.63, 3.8) is 0 Å². The molecular weight excluding hydrogens is 190 g/mol. The molecule has 1 amide bonds. The molecule has 0 radical (unpaired) electrons. The Kier molecular flexibility index (Phi) is 3.53. The van der Waals surface area contributed by atoms with Crippen molar-refractivity contribution < 1.29 is 9.59 Å². The fourth-order valence-electron chi connectivity index (χ4n) is 2.02. The highest BCUT2D eigenvalue weighted by Crippen LogP contribution is 2.26. The number of carbonyl (C=O) groups excluding carboxylic acids is 2. The highest BCUT2D eigenvalue weighted by Gasteiger charge is 2.35. The Hall–Kier alpha value is -0.860. The van der Waals surface area contributed by atoms with E-state index in [0.717, 1.165) is 19.3 Å². The van der Waals surface area contributed by atoms with Crippen LogP contribution in [-0.4, -0.2) is 29.7 Å². The zero-order chi connectivity index (χ0) is 11.6. The lowest BCUT2D eigenvalue weighted by atomic mass is 9.91. The average molecular weight is 211 g/mol. The summed E-state index contributed by atoms with van der Waals surface area (Å²) in [6, 6.07) is -0.195. The van der Waals surface area contributed by atoms with Crippen LogP contribution in [0.3, 0.4) is 0 Å². The van der Waals surface area contributed by atoms with E-state index in [1.807, 2.05) is 27.7 Å². The molecule has 0 aromatic carbocycles. The molecule has 1 fully saturated rings. The molecule has 1 saturated heterocycles. The van der Waals surface area contributed by atoms with Gasteiger partial charge in [0.2, 0.25) is 5.91 Å². The predicted octanol–water partition coefficient (Wildman–Crippen LogP) is 1.86. The lowest BCUT2D eigenvalue weighted by Crippen LogP contribution is -2.39. The summed E-state index contributed by atoms with van der Waals surface area (Å²) in [5.74, 6) is 0.426. The third-order valence-electron chi connectivity index (χ3n) is 2.91. The summed E-state index contributed by atoms with van der Waals surface area (Å²) in [5, 5.41) is 0. The Morgan fingerprint density at radius 2 is 2.07 bits per heavy atom. The largest absolute Gasteiger partial charge is 0.333 e. The normalized spacial score (nSPS) is 26.8. The highest BCUT2D eigenvalue weighted by atomic mass is 16.2. The van der Waals surface area contributed by atoms with Crippen molar-refractivity contribution in [2.24, 2.45) is 11.3 Å². The van der Waals surface area contributed by atoms with E-state index in [1.54, 1.807) is 4.90 Å². The molecule has 0 aliphatic carbocycles. The van der Waals surface area contributed by atoms with Gasteiger partial charge in [-0.05, 0) is 17.8 Å². The van der Waals surface area contributed by atoms with E-state index >= 15 is 0 Å². The second-order valence-electron chi connectivity index (χ2n) is 5.72. The number of rotatable bonds is 2. The van der Waals surface area contributed by atoms with Gasteiger partial charge in [-0.15, -0.1) is 0 Å². The van der Waals surface area contributed by atoms with E-state index in [1.165, 1.54) is 0 Å². The van der Waals surface area contributed by atoms with Crippen LogP contribution in [0, 0.1) is 11.3 Å². The first kappa shape index (κ1) is 12.2. The van der Waals surface area contributed by atoms with Crippen LogP contribution in [0.5, 0.6) is 0 Å². The summed E-state index contributed by atoms with van der Waals surface area (Å²) in [4.78, 5) is 24.6. The molecule has 1 heterocycles. The molecule has 0 spiro atoms. The monoisotopic (exact) mass is 211 g/mol. The van der Waals surface area contributed by atoms with E-state index in [4.69, 9.17) is 0 Å². The number of hydrogen-bond donors (Lipinski definition) is 0. The molecule has 3 heteroatoms. The van der Waals surface area contributed by atoms with Gasteiger partial charge in [0.15, 0.2) is 0 Å². The number of nitrogens with zero attached hydrogens (tertiary/aromatic N) is 1. The highest BCUT2D eigenvalue weighted by molar-refractivity contribution is 5.81. The minimum Gasteiger partial charge on any atom is -0.333 e. The van der Waals surface area contributed by atoms with Crippen molar-refractivity contribution in [2.45, 2.75) is 46.6 Å². The summed E-state index contributed by atoms with van der Waals surface area (Å²) in [6.07, 6.45) is 2.38. The fourth-order valence-corrected chi connectivity index (χ4v) is 2.02. The third kappa shape index (κ3) is 3.05. The number of hydrogen-bond acceptors (Lipinski definition) is 2. The van der Waals surface area contributed by atoms with Crippen molar-refractivity contribution in [2.75, 3.05) is 6.54 Å². The molecule has 3 nitrogen and oxygen atoms in total. The quantitative estimate of drug-likeness (QED) is 0.654. The van der Waals surface area contributed by atoms with Gasteiger partial charge in [0, 0.05) is 13.0 Å². The van der Waals surface area contributed by atoms with Crippen LogP contribution < -0.4 is 0 Å². The summed E-state index contributed by atoms with van der Waals surface area (Å²) < 4.78 is 0.